The van der Waals surface area contributed by atoms with Gasteiger partial charge in [-0.25, -0.2) is 0 Å². The van der Waals surface area contributed by atoms with Gasteiger partial charge in [0, 0.05) is 44.3 Å². The first-order valence-corrected chi connectivity index (χ1v) is 15.2. The lowest BCUT2D eigenvalue weighted by Gasteiger charge is -2.40. The molecular formula is C30H25ClN2O4S2. The van der Waals surface area contributed by atoms with Gasteiger partial charge in [-0.15, -0.1) is 11.8 Å². The van der Waals surface area contributed by atoms with E-state index < -0.39 is 0 Å². The lowest BCUT2D eigenvalue weighted by Crippen LogP contribution is -2.34. The second kappa shape index (κ2) is 9.84. The van der Waals surface area contributed by atoms with E-state index in [9.17, 15) is 14.9 Å². The van der Waals surface area contributed by atoms with Crippen molar-refractivity contribution in [3.8, 4) is 11.4 Å². The van der Waals surface area contributed by atoms with Crippen LogP contribution >= 0.6 is 34.7 Å². The Morgan fingerprint density at radius 1 is 1.03 bits per heavy atom. The third-order valence-corrected chi connectivity index (χ3v) is 11.6. The van der Waals surface area contributed by atoms with Crippen LogP contribution in [0.4, 0.5) is 5.69 Å². The molecule has 0 saturated heterocycles. The Labute approximate surface area is 238 Å². The molecule has 2 aliphatic carbocycles. The van der Waals surface area contributed by atoms with E-state index in [2.05, 4.69) is 0 Å². The van der Waals surface area contributed by atoms with Crippen molar-refractivity contribution in [2.24, 2.45) is 17.8 Å². The summed E-state index contributed by atoms with van der Waals surface area (Å²) in [6.07, 6.45) is 3.54. The quantitative estimate of drug-likeness (QED) is 0.174. The maximum absolute atomic E-state index is 13.5. The summed E-state index contributed by atoms with van der Waals surface area (Å²) in [7, 11) is 0. The zero-order valence-electron chi connectivity index (χ0n) is 20.9. The molecule has 39 heavy (non-hydrogen) atoms. The molecule has 1 aliphatic heterocycles. The Kier molecular flexibility index (Phi) is 6.29. The molecule has 7 rings (SSSR count). The van der Waals surface area contributed by atoms with Crippen LogP contribution < -0.4 is 9.61 Å². The fraction of sp³-hybridized carbons (Fsp3) is 0.300. The van der Waals surface area contributed by atoms with Gasteiger partial charge in [-0.3, -0.25) is 19.5 Å². The van der Waals surface area contributed by atoms with E-state index >= 15 is 0 Å². The van der Waals surface area contributed by atoms with E-state index in [4.69, 9.17) is 16.3 Å². The SMILES string of the molecule is O=c1sc2c(n1-c1ccccc1)S[C@@H]1[C@H]3CC[C@@H](C3)[C@@H]1[C@@H]2c1cc([N+](=O)[O-])ccc1OCc1ccccc1Cl. The topological polar surface area (TPSA) is 74.4 Å². The largest absolute Gasteiger partial charge is 0.489 e. The maximum atomic E-state index is 13.5. The van der Waals surface area contributed by atoms with E-state index in [0.717, 1.165) is 33.1 Å². The second-order valence-electron chi connectivity index (χ2n) is 10.5. The molecule has 3 aliphatic rings. The Balaban J connectivity index is 1.39. The maximum Gasteiger partial charge on any atom is 0.312 e. The Bertz CT molecular complexity index is 1640. The van der Waals surface area contributed by atoms with Crippen molar-refractivity contribution in [3.63, 3.8) is 0 Å². The van der Waals surface area contributed by atoms with Crippen molar-refractivity contribution in [3.05, 3.63) is 114 Å². The molecule has 0 spiro atoms. The molecule has 5 atom stereocenters. The molecule has 198 valence electrons. The zero-order chi connectivity index (χ0) is 26.7. The lowest BCUT2D eigenvalue weighted by molar-refractivity contribution is -0.385. The number of nitrogens with zero attached hydrogens (tertiary/aromatic N) is 2. The molecule has 0 amide bonds. The summed E-state index contributed by atoms with van der Waals surface area (Å²) in [5.74, 6) is 1.88. The fourth-order valence-corrected chi connectivity index (χ4v) is 10.2. The summed E-state index contributed by atoms with van der Waals surface area (Å²) in [5.41, 5.74) is 2.52. The number of halogens is 1. The van der Waals surface area contributed by atoms with Crippen molar-refractivity contribution in [2.45, 2.75) is 42.1 Å². The third kappa shape index (κ3) is 4.20. The minimum absolute atomic E-state index is 0.0278. The zero-order valence-corrected chi connectivity index (χ0v) is 23.3. The number of thioether (sulfide) groups is 1. The van der Waals surface area contributed by atoms with Gasteiger partial charge in [-0.2, -0.15) is 0 Å². The lowest BCUT2D eigenvalue weighted by atomic mass is 9.74. The van der Waals surface area contributed by atoms with Gasteiger partial charge in [0.2, 0.25) is 0 Å². The third-order valence-electron chi connectivity index (χ3n) is 8.51. The van der Waals surface area contributed by atoms with Gasteiger partial charge in [0.1, 0.15) is 12.4 Å². The predicted octanol–water partition coefficient (Wildman–Crippen LogP) is 7.69. The summed E-state index contributed by atoms with van der Waals surface area (Å²) in [4.78, 5) is 26.0. The van der Waals surface area contributed by atoms with Crippen LogP contribution in [0.3, 0.4) is 0 Å². The van der Waals surface area contributed by atoms with Gasteiger partial charge in [-0.1, -0.05) is 59.3 Å². The molecule has 2 heterocycles. The molecule has 4 aromatic rings. The number of nitro benzene ring substituents is 1. The highest BCUT2D eigenvalue weighted by atomic mass is 35.5. The number of hydrogen-bond donors (Lipinski definition) is 0. The minimum Gasteiger partial charge on any atom is -0.489 e. The van der Waals surface area contributed by atoms with Gasteiger partial charge >= 0.3 is 4.87 Å². The number of thiazole rings is 1. The Morgan fingerprint density at radius 2 is 1.79 bits per heavy atom. The van der Waals surface area contributed by atoms with E-state index in [1.54, 1.807) is 12.1 Å². The molecule has 9 heteroatoms. The van der Waals surface area contributed by atoms with Crippen LogP contribution in [0.2, 0.25) is 5.02 Å². The number of nitro groups is 1. The Morgan fingerprint density at radius 3 is 2.59 bits per heavy atom. The standard InChI is InChI=1S/C30H25ClN2O4S2/c31-23-9-5-4-6-19(23)16-37-24-13-12-21(33(35)36)15-22(24)26-25-17-10-11-18(14-17)27(25)38-29-28(26)39-30(34)32(29)20-7-2-1-3-8-20/h1-9,12-13,15,17-18,25-27H,10-11,14,16H2/t17-,18-,25+,26-,27+/m0/s1. The van der Waals surface area contributed by atoms with Crippen molar-refractivity contribution < 1.29 is 9.66 Å². The van der Waals surface area contributed by atoms with Crippen LogP contribution in [0.1, 0.15) is 41.2 Å². The molecule has 3 aromatic carbocycles. The van der Waals surface area contributed by atoms with Crippen molar-refractivity contribution in [1.29, 1.82) is 0 Å². The highest BCUT2D eigenvalue weighted by Crippen LogP contribution is 2.65. The average molecular weight is 577 g/mol. The van der Waals surface area contributed by atoms with Crippen molar-refractivity contribution >= 4 is 40.4 Å². The van der Waals surface area contributed by atoms with E-state index in [1.807, 2.05) is 70.9 Å². The first-order valence-electron chi connectivity index (χ1n) is 13.1. The van der Waals surface area contributed by atoms with Gasteiger partial charge in [0.25, 0.3) is 5.69 Å². The first kappa shape index (κ1) is 24.9. The van der Waals surface area contributed by atoms with Crippen LogP contribution in [0.25, 0.3) is 5.69 Å². The fourth-order valence-electron chi connectivity index (χ4n) is 6.85. The molecule has 0 unspecified atom stereocenters. The smallest absolute Gasteiger partial charge is 0.312 e. The molecule has 6 nitrogen and oxygen atoms in total. The van der Waals surface area contributed by atoms with Crippen LogP contribution in [0.5, 0.6) is 5.75 Å². The van der Waals surface area contributed by atoms with Gasteiger partial charge < -0.3 is 4.74 Å². The van der Waals surface area contributed by atoms with Gasteiger partial charge in [-0.05, 0) is 61.3 Å². The van der Waals surface area contributed by atoms with E-state index in [1.165, 1.54) is 30.2 Å². The number of hydrogen-bond acceptors (Lipinski definition) is 6. The number of aromatic nitrogens is 1. The predicted molar refractivity (Wildman–Crippen MR) is 155 cm³/mol. The number of rotatable bonds is 6. The summed E-state index contributed by atoms with van der Waals surface area (Å²) in [5, 5.41) is 13.9. The van der Waals surface area contributed by atoms with Crippen LogP contribution in [-0.2, 0) is 6.61 Å². The molecule has 2 fully saturated rings. The number of para-hydroxylation sites is 1. The number of non-ortho nitro benzene ring substituents is 1. The molecule has 0 radical (unpaired) electrons. The molecule has 1 aromatic heterocycles. The molecule has 2 saturated carbocycles. The van der Waals surface area contributed by atoms with Crippen LogP contribution in [0.15, 0.2) is 82.6 Å². The van der Waals surface area contributed by atoms with Crippen LogP contribution in [-0.4, -0.2) is 14.7 Å². The number of benzene rings is 3. The van der Waals surface area contributed by atoms with Gasteiger partial charge in [0.05, 0.1) is 15.6 Å². The van der Waals surface area contributed by atoms with Crippen LogP contribution in [0, 0.1) is 27.9 Å². The van der Waals surface area contributed by atoms with E-state index in [-0.39, 0.29) is 28.0 Å². The van der Waals surface area contributed by atoms with Crippen molar-refractivity contribution in [2.75, 3.05) is 0 Å². The number of fused-ring (bicyclic) bond motifs is 6. The second-order valence-corrected chi connectivity index (χ2v) is 13.1. The minimum atomic E-state index is -0.351. The summed E-state index contributed by atoms with van der Waals surface area (Å²) in [6, 6.07) is 22.2. The first-order chi connectivity index (χ1) is 19.0. The monoisotopic (exact) mass is 576 g/mol. The highest BCUT2D eigenvalue weighted by molar-refractivity contribution is 8.00. The Hall–Kier alpha value is -3.07. The summed E-state index contributed by atoms with van der Waals surface area (Å²) >= 11 is 9.51. The van der Waals surface area contributed by atoms with Gasteiger partial charge in [0.15, 0.2) is 0 Å². The molecule has 2 bridgehead atoms. The summed E-state index contributed by atoms with van der Waals surface area (Å²) in [6.45, 7) is 0.250. The van der Waals surface area contributed by atoms with E-state index in [0.29, 0.717) is 33.8 Å². The average Bonchev–Trinajstić information content (AvgIpc) is 3.65. The molecular weight excluding hydrogens is 552 g/mol. The molecule has 0 N–H and O–H groups in total. The number of ether oxygens (including phenoxy) is 1. The highest BCUT2D eigenvalue weighted by Gasteiger charge is 2.56. The van der Waals surface area contributed by atoms with Crippen molar-refractivity contribution in [1.82, 2.24) is 4.57 Å². The normalized spacial score (nSPS) is 24.8. The summed E-state index contributed by atoms with van der Waals surface area (Å²) < 4.78 is 8.20.